The average molecular weight is 333 g/mol. The molecular formula is C18H17F2NO3. The summed E-state index contributed by atoms with van der Waals surface area (Å²) < 4.78 is 32.2. The first-order chi connectivity index (χ1) is 11.5. The summed E-state index contributed by atoms with van der Waals surface area (Å²) in [6.45, 7) is 0.119. The van der Waals surface area contributed by atoms with E-state index < -0.39 is 29.7 Å². The Bertz CT molecular complexity index is 766. The molecule has 1 saturated heterocycles. The van der Waals surface area contributed by atoms with Crippen LogP contribution < -0.4 is 4.74 Å². The smallest absolute Gasteiger partial charge is 0.254 e. The van der Waals surface area contributed by atoms with Crippen molar-refractivity contribution < 1.29 is 23.4 Å². The lowest BCUT2D eigenvalue weighted by Gasteiger charge is -2.25. The molecule has 2 aromatic carbocycles. The number of carbonyl (C=O) groups excluding carboxylic acids is 1. The highest BCUT2D eigenvalue weighted by molar-refractivity contribution is 5.95. The van der Waals surface area contributed by atoms with E-state index in [4.69, 9.17) is 4.74 Å². The molecule has 0 aromatic heterocycles. The van der Waals surface area contributed by atoms with Crippen LogP contribution in [0, 0.1) is 11.6 Å². The summed E-state index contributed by atoms with van der Waals surface area (Å²) in [7, 11) is 1.34. The van der Waals surface area contributed by atoms with Crippen molar-refractivity contribution in [1.29, 1.82) is 0 Å². The number of methoxy groups -OCH3 is 1. The van der Waals surface area contributed by atoms with Gasteiger partial charge < -0.3 is 14.7 Å². The van der Waals surface area contributed by atoms with Crippen molar-refractivity contribution in [3.8, 4) is 5.75 Å². The van der Waals surface area contributed by atoms with Gasteiger partial charge >= 0.3 is 0 Å². The fraction of sp³-hybridized carbons (Fsp3) is 0.278. The first kappa shape index (κ1) is 16.4. The second kappa shape index (κ2) is 6.57. The van der Waals surface area contributed by atoms with Crippen LogP contribution in [-0.4, -0.2) is 35.7 Å². The van der Waals surface area contributed by atoms with Crippen LogP contribution in [0.4, 0.5) is 8.78 Å². The normalized spacial score (nSPS) is 20.2. The summed E-state index contributed by atoms with van der Waals surface area (Å²) in [5, 5.41) is 9.95. The number of hydrogen-bond donors (Lipinski definition) is 1. The van der Waals surface area contributed by atoms with Crippen LogP contribution >= 0.6 is 0 Å². The highest BCUT2D eigenvalue weighted by atomic mass is 19.1. The maximum Gasteiger partial charge on any atom is 0.254 e. The highest BCUT2D eigenvalue weighted by Crippen LogP contribution is 2.34. The second-order valence-corrected chi connectivity index (χ2v) is 5.77. The predicted molar refractivity (Wildman–Crippen MR) is 83.8 cm³/mol. The Morgan fingerprint density at radius 2 is 2.04 bits per heavy atom. The number of aliphatic hydroxyl groups excluding tert-OH is 1. The van der Waals surface area contributed by atoms with Gasteiger partial charge in [-0.3, -0.25) is 4.79 Å². The van der Waals surface area contributed by atoms with Crippen molar-refractivity contribution in [2.75, 3.05) is 13.7 Å². The molecule has 0 unspecified atom stereocenters. The number of amides is 1. The predicted octanol–water partition coefficient (Wildman–Crippen LogP) is 2.92. The molecule has 1 aliphatic rings. The summed E-state index contributed by atoms with van der Waals surface area (Å²) in [5.41, 5.74) is 0.762. The number of benzene rings is 2. The van der Waals surface area contributed by atoms with Crippen molar-refractivity contribution in [3.05, 3.63) is 65.2 Å². The number of aliphatic hydroxyl groups is 1. The average Bonchev–Trinajstić information content (AvgIpc) is 2.96. The van der Waals surface area contributed by atoms with Gasteiger partial charge in [-0.1, -0.05) is 12.1 Å². The first-order valence-corrected chi connectivity index (χ1v) is 7.57. The van der Waals surface area contributed by atoms with E-state index in [1.54, 1.807) is 12.1 Å². The molecule has 0 bridgehead atoms. The summed E-state index contributed by atoms with van der Waals surface area (Å²) in [6, 6.07) is 9.44. The Morgan fingerprint density at radius 1 is 1.25 bits per heavy atom. The van der Waals surface area contributed by atoms with E-state index in [-0.39, 0.29) is 17.9 Å². The lowest BCUT2D eigenvalue weighted by Crippen LogP contribution is -2.31. The third kappa shape index (κ3) is 3.10. The summed E-state index contributed by atoms with van der Waals surface area (Å²) in [6.07, 6.45) is -0.390. The third-order valence-corrected chi connectivity index (χ3v) is 4.17. The van der Waals surface area contributed by atoms with Gasteiger partial charge in [0.25, 0.3) is 5.91 Å². The van der Waals surface area contributed by atoms with Crippen molar-refractivity contribution in [3.63, 3.8) is 0 Å². The Hall–Kier alpha value is -2.47. The minimum absolute atomic E-state index is 0.0506. The second-order valence-electron chi connectivity index (χ2n) is 5.77. The molecule has 1 aliphatic heterocycles. The van der Waals surface area contributed by atoms with Crippen LogP contribution in [0.1, 0.15) is 28.4 Å². The van der Waals surface area contributed by atoms with Crippen LogP contribution in [-0.2, 0) is 0 Å². The van der Waals surface area contributed by atoms with Crippen LogP contribution in [0.25, 0.3) is 0 Å². The van der Waals surface area contributed by atoms with Crippen molar-refractivity contribution in [2.24, 2.45) is 0 Å². The zero-order valence-electron chi connectivity index (χ0n) is 13.1. The molecule has 2 aromatic rings. The number of ether oxygens (including phenoxy) is 1. The van der Waals surface area contributed by atoms with Gasteiger partial charge in [0.15, 0.2) is 11.6 Å². The number of hydrogen-bond acceptors (Lipinski definition) is 3. The molecule has 0 radical (unpaired) electrons. The molecule has 1 fully saturated rings. The number of nitrogens with zero attached hydrogens (tertiary/aromatic N) is 1. The number of rotatable bonds is 3. The molecule has 126 valence electrons. The number of carbonyl (C=O) groups is 1. The van der Waals surface area contributed by atoms with Crippen molar-refractivity contribution >= 4 is 5.91 Å². The minimum Gasteiger partial charge on any atom is -0.494 e. The molecule has 3 rings (SSSR count). The minimum atomic E-state index is -0.703. The number of β-amino-alcohol motifs (C(OH)–C–C–N with tert-alkyl or cyclic N) is 1. The lowest BCUT2D eigenvalue weighted by molar-refractivity contribution is 0.0715. The standard InChI is InChI=1S/C18H17F2NO3/c1-24-17-6-5-12(8-15(17)20)18(23)21-10-14(22)9-16(21)11-3-2-4-13(19)7-11/h2-8,14,16,22H,9-10H2,1H3/t14-,16+/m1/s1. The lowest BCUT2D eigenvalue weighted by atomic mass is 10.0. The van der Waals surface area contributed by atoms with Gasteiger partial charge in [-0.2, -0.15) is 0 Å². The van der Waals surface area contributed by atoms with Gasteiger partial charge in [0, 0.05) is 12.1 Å². The monoisotopic (exact) mass is 333 g/mol. The van der Waals surface area contributed by atoms with E-state index in [9.17, 15) is 18.7 Å². The maximum absolute atomic E-state index is 13.9. The summed E-state index contributed by atoms with van der Waals surface area (Å²) in [4.78, 5) is 14.2. The molecule has 24 heavy (non-hydrogen) atoms. The van der Waals surface area contributed by atoms with E-state index >= 15 is 0 Å². The topological polar surface area (TPSA) is 49.8 Å². The third-order valence-electron chi connectivity index (χ3n) is 4.17. The molecule has 1 N–H and O–H groups in total. The molecule has 0 saturated carbocycles. The van der Waals surface area contributed by atoms with Gasteiger partial charge in [0.2, 0.25) is 0 Å². The van der Waals surface area contributed by atoms with Crippen molar-refractivity contribution in [2.45, 2.75) is 18.6 Å². The fourth-order valence-electron chi connectivity index (χ4n) is 3.03. The van der Waals surface area contributed by atoms with Crippen LogP contribution in [0.5, 0.6) is 5.75 Å². The molecule has 1 amide bonds. The first-order valence-electron chi connectivity index (χ1n) is 7.57. The fourth-order valence-corrected chi connectivity index (χ4v) is 3.03. The van der Waals surface area contributed by atoms with E-state index in [2.05, 4.69) is 0 Å². The summed E-state index contributed by atoms with van der Waals surface area (Å²) in [5.74, 6) is -1.40. The van der Waals surface area contributed by atoms with E-state index in [0.717, 1.165) is 6.07 Å². The quantitative estimate of drug-likeness (QED) is 0.940. The Balaban J connectivity index is 1.91. The van der Waals surface area contributed by atoms with Crippen LogP contribution in [0.15, 0.2) is 42.5 Å². The Morgan fingerprint density at radius 3 is 2.71 bits per heavy atom. The zero-order chi connectivity index (χ0) is 17.3. The van der Waals surface area contributed by atoms with Crippen molar-refractivity contribution in [1.82, 2.24) is 4.90 Å². The molecule has 6 heteroatoms. The van der Waals surface area contributed by atoms with E-state index in [1.807, 2.05) is 0 Å². The molecular weight excluding hydrogens is 316 g/mol. The van der Waals surface area contributed by atoms with Crippen LogP contribution in [0.2, 0.25) is 0 Å². The molecule has 0 aliphatic carbocycles. The largest absolute Gasteiger partial charge is 0.494 e. The highest BCUT2D eigenvalue weighted by Gasteiger charge is 2.36. The van der Waals surface area contributed by atoms with Gasteiger partial charge in [-0.15, -0.1) is 0 Å². The maximum atomic E-state index is 13.9. The number of halogens is 2. The van der Waals surface area contributed by atoms with Gasteiger partial charge in [-0.25, -0.2) is 8.78 Å². The molecule has 1 heterocycles. The van der Waals surface area contributed by atoms with Gasteiger partial charge in [0.1, 0.15) is 5.82 Å². The van der Waals surface area contributed by atoms with Crippen LogP contribution in [0.3, 0.4) is 0 Å². The van der Waals surface area contributed by atoms with Gasteiger partial charge in [-0.05, 0) is 42.3 Å². The number of likely N-dealkylation sites (tertiary alicyclic amines) is 1. The zero-order valence-corrected chi connectivity index (χ0v) is 13.1. The molecule has 2 atom stereocenters. The molecule has 4 nitrogen and oxygen atoms in total. The van der Waals surface area contributed by atoms with E-state index in [1.165, 1.54) is 36.3 Å². The summed E-state index contributed by atoms with van der Waals surface area (Å²) >= 11 is 0. The Kier molecular flexibility index (Phi) is 4.49. The molecule has 0 spiro atoms. The van der Waals surface area contributed by atoms with Gasteiger partial charge in [0.05, 0.1) is 19.3 Å². The SMILES string of the molecule is COc1ccc(C(=O)N2C[C@H](O)C[C@H]2c2cccc(F)c2)cc1F. The van der Waals surface area contributed by atoms with E-state index in [0.29, 0.717) is 12.0 Å². The Labute approximate surface area is 138 Å².